The molecule has 0 unspecified atom stereocenters. The maximum atomic E-state index is 14.8. The Kier molecular flexibility index (Phi) is 3.59. The van der Waals surface area contributed by atoms with Crippen LogP contribution >= 0.6 is 22.9 Å². The standard InChI is InChI=1S/C18H9ClFNO3S/c19-10-8-11-13(12(15(10)20)9-4-2-1-3-5-9)16(22)14(18(23)24)17-21(11)6-7-25-17/h1-8H,(H,23,24). The number of halogens is 2. The minimum absolute atomic E-state index is 0.00130. The summed E-state index contributed by atoms with van der Waals surface area (Å²) in [4.78, 5) is 24.9. The van der Waals surface area contributed by atoms with Crippen molar-refractivity contribution in [3.63, 3.8) is 0 Å². The smallest absolute Gasteiger partial charge is 0.342 e. The first kappa shape index (κ1) is 15.8. The number of carbonyl (C=O) groups is 1. The fourth-order valence-electron chi connectivity index (χ4n) is 2.97. The molecule has 0 aliphatic rings. The van der Waals surface area contributed by atoms with Gasteiger partial charge < -0.3 is 9.51 Å². The number of thiazole rings is 1. The molecular formula is C18H9ClFNO3S. The van der Waals surface area contributed by atoms with Crippen LogP contribution in [0.3, 0.4) is 0 Å². The van der Waals surface area contributed by atoms with Crippen LogP contribution in [-0.2, 0) is 0 Å². The van der Waals surface area contributed by atoms with Gasteiger partial charge in [-0.25, -0.2) is 9.18 Å². The van der Waals surface area contributed by atoms with Gasteiger partial charge in [-0.15, -0.1) is 11.3 Å². The Morgan fingerprint density at radius 3 is 2.64 bits per heavy atom. The number of hydrogen-bond acceptors (Lipinski definition) is 3. The van der Waals surface area contributed by atoms with E-state index in [2.05, 4.69) is 0 Å². The number of carboxylic acids is 1. The zero-order valence-electron chi connectivity index (χ0n) is 12.5. The third kappa shape index (κ3) is 2.26. The summed E-state index contributed by atoms with van der Waals surface area (Å²) in [6, 6.07) is 9.83. The van der Waals surface area contributed by atoms with Crippen molar-refractivity contribution in [1.82, 2.24) is 4.40 Å². The highest BCUT2D eigenvalue weighted by molar-refractivity contribution is 7.16. The normalized spacial score (nSPS) is 11.3. The van der Waals surface area contributed by atoms with Gasteiger partial charge in [0.1, 0.15) is 16.2 Å². The molecule has 4 aromatic rings. The van der Waals surface area contributed by atoms with Crippen molar-refractivity contribution in [3.05, 3.63) is 74.6 Å². The molecule has 0 amide bonds. The van der Waals surface area contributed by atoms with Crippen LogP contribution in [0.4, 0.5) is 4.39 Å². The van der Waals surface area contributed by atoms with Crippen molar-refractivity contribution < 1.29 is 14.3 Å². The second-order valence-electron chi connectivity index (χ2n) is 5.39. The van der Waals surface area contributed by atoms with Crippen molar-refractivity contribution in [2.24, 2.45) is 0 Å². The molecule has 2 aromatic heterocycles. The molecule has 0 fully saturated rings. The molecule has 4 nitrogen and oxygen atoms in total. The first-order chi connectivity index (χ1) is 12.0. The molecule has 124 valence electrons. The van der Waals surface area contributed by atoms with Crippen LogP contribution in [0.1, 0.15) is 10.4 Å². The van der Waals surface area contributed by atoms with Gasteiger partial charge in [0.15, 0.2) is 0 Å². The zero-order valence-corrected chi connectivity index (χ0v) is 14.1. The van der Waals surface area contributed by atoms with Crippen LogP contribution in [0.2, 0.25) is 5.02 Å². The summed E-state index contributed by atoms with van der Waals surface area (Å²) < 4.78 is 16.4. The van der Waals surface area contributed by atoms with E-state index in [9.17, 15) is 19.1 Å². The van der Waals surface area contributed by atoms with Gasteiger partial charge in [0.2, 0.25) is 5.43 Å². The second-order valence-corrected chi connectivity index (χ2v) is 6.70. The number of pyridine rings is 1. The Labute approximate surface area is 149 Å². The number of carboxylic acid groups (broad SMARTS) is 1. The van der Waals surface area contributed by atoms with Gasteiger partial charge in [-0.1, -0.05) is 41.9 Å². The number of rotatable bonds is 2. The lowest BCUT2D eigenvalue weighted by Gasteiger charge is -2.12. The number of aromatic nitrogens is 1. The summed E-state index contributed by atoms with van der Waals surface area (Å²) in [5, 5.41) is 11.0. The zero-order chi connectivity index (χ0) is 17.7. The van der Waals surface area contributed by atoms with Crippen molar-refractivity contribution in [1.29, 1.82) is 0 Å². The Hall–Kier alpha value is -2.70. The fraction of sp³-hybridized carbons (Fsp3) is 0. The van der Waals surface area contributed by atoms with E-state index in [-0.39, 0.29) is 26.4 Å². The molecule has 7 heteroatoms. The van der Waals surface area contributed by atoms with Crippen LogP contribution in [-0.4, -0.2) is 15.5 Å². The number of hydrogen-bond donors (Lipinski definition) is 1. The van der Waals surface area contributed by atoms with E-state index in [1.165, 1.54) is 6.07 Å². The Balaban J connectivity index is 2.34. The van der Waals surface area contributed by atoms with Crippen molar-refractivity contribution in [2.75, 3.05) is 0 Å². The summed E-state index contributed by atoms with van der Waals surface area (Å²) in [7, 11) is 0. The van der Waals surface area contributed by atoms with Gasteiger partial charge in [0, 0.05) is 17.1 Å². The number of nitrogens with zero attached hydrogens (tertiary/aromatic N) is 1. The summed E-state index contributed by atoms with van der Waals surface area (Å²) in [6.45, 7) is 0. The van der Waals surface area contributed by atoms with E-state index < -0.39 is 17.2 Å². The van der Waals surface area contributed by atoms with Crippen LogP contribution in [0.15, 0.2) is 52.8 Å². The Morgan fingerprint density at radius 1 is 1.24 bits per heavy atom. The topological polar surface area (TPSA) is 58.8 Å². The predicted octanol–water partition coefficient (Wildman–Crippen LogP) is 4.67. The van der Waals surface area contributed by atoms with Crippen LogP contribution in [0.5, 0.6) is 0 Å². The number of aromatic carboxylic acids is 1. The van der Waals surface area contributed by atoms with E-state index in [4.69, 9.17) is 11.6 Å². The molecule has 0 spiro atoms. The van der Waals surface area contributed by atoms with E-state index in [0.717, 1.165) is 11.3 Å². The van der Waals surface area contributed by atoms with Crippen LogP contribution < -0.4 is 5.43 Å². The average molecular weight is 374 g/mol. The maximum absolute atomic E-state index is 14.8. The molecule has 2 aromatic carbocycles. The van der Waals surface area contributed by atoms with E-state index in [1.807, 2.05) is 0 Å². The lowest BCUT2D eigenvalue weighted by Crippen LogP contribution is -2.18. The average Bonchev–Trinajstić information content (AvgIpc) is 3.06. The molecular weight excluding hydrogens is 365 g/mol. The van der Waals surface area contributed by atoms with Gasteiger partial charge in [-0.05, 0) is 11.6 Å². The number of fused-ring (bicyclic) bond motifs is 3. The molecule has 4 rings (SSSR count). The van der Waals surface area contributed by atoms with Crippen molar-refractivity contribution in [2.45, 2.75) is 0 Å². The van der Waals surface area contributed by atoms with Crippen LogP contribution in [0.25, 0.3) is 26.9 Å². The predicted molar refractivity (Wildman–Crippen MR) is 96.4 cm³/mol. The van der Waals surface area contributed by atoms with E-state index in [1.54, 1.807) is 46.3 Å². The first-order valence-corrected chi connectivity index (χ1v) is 8.48. The fourth-order valence-corrected chi connectivity index (χ4v) is 4.05. The third-order valence-electron chi connectivity index (χ3n) is 4.01. The quantitative estimate of drug-likeness (QED) is 0.555. The highest BCUT2D eigenvalue weighted by atomic mass is 35.5. The maximum Gasteiger partial charge on any atom is 0.342 e. The van der Waals surface area contributed by atoms with Gasteiger partial charge in [-0.2, -0.15) is 0 Å². The minimum Gasteiger partial charge on any atom is -0.477 e. The molecule has 0 bridgehead atoms. The van der Waals surface area contributed by atoms with Gasteiger partial charge in [0.25, 0.3) is 0 Å². The lowest BCUT2D eigenvalue weighted by molar-refractivity contribution is 0.0697. The van der Waals surface area contributed by atoms with Gasteiger partial charge in [0.05, 0.1) is 15.9 Å². The van der Waals surface area contributed by atoms with E-state index >= 15 is 0 Å². The SMILES string of the molecule is O=C(O)c1c(=O)c2c(-c3ccccc3)c(F)c(Cl)cc2n2ccsc12. The monoisotopic (exact) mass is 373 g/mol. The molecule has 25 heavy (non-hydrogen) atoms. The lowest BCUT2D eigenvalue weighted by atomic mass is 9.98. The van der Waals surface area contributed by atoms with Gasteiger partial charge in [-0.3, -0.25) is 4.79 Å². The highest BCUT2D eigenvalue weighted by Gasteiger charge is 2.24. The van der Waals surface area contributed by atoms with E-state index in [0.29, 0.717) is 11.1 Å². The Morgan fingerprint density at radius 2 is 1.96 bits per heavy atom. The summed E-state index contributed by atoms with van der Waals surface area (Å²) in [5.41, 5.74) is -0.260. The molecule has 0 atom stereocenters. The molecule has 0 aliphatic heterocycles. The summed E-state index contributed by atoms with van der Waals surface area (Å²) >= 11 is 7.19. The molecule has 0 aliphatic carbocycles. The molecule has 0 saturated heterocycles. The van der Waals surface area contributed by atoms with Crippen molar-refractivity contribution in [3.8, 4) is 11.1 Å². The van der Waals surface area contributed by atoms with Gasteiger partial charge >= 0.3 is 5.97 Å². The molecule has 2 heterocycles. The molecule has 0 radical (unpaired) electrons. The third-order valence-corrected chi connectivity index (χ3v) is 5.17. The van der Waals surface area contributed by atoms with Crippen LogP contribution in [0, 0.1) is 5.82 Å². The molecule has 1 N–H and O–H groups in total. The Bertz CT molecular complexity index is 1210. The summed E-state index contributed by atoms with van der Waals surface area (Å²) in [5.74, 6) is -2.09. The summed E-state index contributed by atoms with van der Waals surface area (Å²) in [6.07, 6.45) is 1.64. The largest absolute Gasteiger partial charge is 0.477 e. The number of benzene rings is 2. The highest BCUT2D eigenvalue weighted by Crippen LogP contribution is 2.35. The first-order valence-electron chi connectivity index (χ1n) is 7.23. The second kappa shape index (κ2) is 5.68. The van der Waals surface area contributed by atoms with Crippen molar-refractivity contribution >= 4 is 44.6 Å². The minimum atomic E-state index is -1.35. The molecule has 0 saturated carbocycles.